The summed E-state index contributed by atoms with van der Waals surface area (Å²) < 4.78 is 24.6. The summed E-state index contributed by atoms with van der Waals surface area (Å²) in [5, 5.41) is 0.915. The van der Waals surface area contributed by atoms with E-state index in [9.17, 15) is 13.2 Å². The van der Waals surface area contributed by atoms with Crippen LogP contribution in [-0.2, 0) is 9.84 Å². The second-order valence-corrected chi connectivity index (χ2v) is 9.28. The standard InChI is InChI=1S/C19H23N3O3S/c1-2-9-21-10-11-22(17-13-26(24,25)12-16(17)21)19(23)15-7-3-5-14-6-4-8-20-18(14)15/h3-8,16-17H,2,9-13H2,1H3/t16-,17+/m0/s1. The first-order valence-electron chi connectivity index (χ1n) is 9.09. The van der Waals surface area contributed by atoms with Crippen LogP contribution < -0.4 is 0 Å². The van der Waals surface area contributed by atoms with Crippen LogP contribution in [0.1, 0.15) is 23.7 Å². The summed E-state index contributed by atoms with van der Waals surface area (Å²) >= 11 is 0. The van der Waals surface area contributed by atoms with E-state index in [1.165, 1.54) is 0 Å². The second kappa shape index (κ2) is 6.63. The van der Waals surface area contributed by atoms with Gasteiger partial charge in [-0.2, -0.15) is 0 Å². The van der Waals surface area contributed by atoms with Crippen molar-refractivity contribution in [3.8, 4) is 0 Å². The number of benzene rings is 1. The molecule has 0 unspecified atom stereocenters. The normalized spacial score (nSPS) is 25.3. The SMILES string of the molecule is CCCN1CCN(C(=O)c2cccc3cccnc23)[C@@H]2CS(=O)(=O)C[C@@H]21. The molecule has 0 aliphatic carbocycles. The molecule has 1 aromatic heterocycles. The van der Waals surface area contributed by atoms with Gasteiger partial charge in [-0.25, -0.2) is 8.42 Å². The highest BCUT2D eigenvalue weighted by Crippen LogP contribution is 2.29. The van der Waals surface area contributed by atoms with E-state index in [0.29, 0.717) is 24.2 Å². The Kier molecular flexibility index (Phi) is 4.44. The third-order valence-electron chi connectivity index (χ3n) is 5.43. The minimum Gasteiger partial charge on any atom is -0.332 e. The molecule has 6 nitrogen and oxygen atoms in total. The Morgan fingerprint density at radius 1 is 1.15 bits per heavy atom. The fourth-order valence-electron chi connectivity index (χ4n) is 4.27. The van der Waals surface area contributed by atoms with Crippen LogP contribution >= 0.6 is 0 Å². The Hall–Kier alpha value is -1.99. The van der Waals surface area contributed by atoms with Crippen LogP contribution in [0.4, 0.5) is 0 Å². The molecular formula is C19H23N3O3S. The highest BCUT2D eigenvalue weighted by atomic mass is 32.2. The number of hydrogen-bond donors (Lipinski definition) is 0. The van der Waals surface area contributed by atoms with E-state index >= 15 is 0 Å². The molecule has 3 heterocycles. The van der Waals surface area contributed by atoms with E-state index in [-0.39, 0.29) is 29.5 Å². The number of para-hydroxylation sites is 1. The van der Waals surface area contributed by atoms with Crippen molar-refractivity contribution in [1.29, 1.82) is 0 Å². The van der Waals surface area contributed by atoms with Crippen molar-refractivity contribution in [2.24, 2.45) is 0 Å². The molecule has 2 aromatic rings. The summed E-state index contributed by atoms with van der Waals surface area (Å²) in [6.07, 6.45) is 2.66. The Morgan fingerprint density at radius 2 is 1.92 bits per heavy atom. The van der Waals surface area contributed by atoms with Crippen molar-refractivity contribution in [2.45, 2.75) is 25.4 Å². The topological polar surface area (TPSA) is 70.6 Å². The Bertz CT molecular complexity index is 939. The lowest BCUT2D eigenvalue weighted by molar-refractivity contribution is 0.0334. The summed E-state index contributed by atoms with van der Waals surface area (Å²) in [5.41, 5.74) is 1.23. The average molecular weight is 373 g/mol. The molecule has 2 aliphatic heterocycles. The van der Waals surface area contributed by atoms with E-state index in [2.05, 4.69) is 16.8 Å². The molecule has 138 valence electrons. The van der Waals surface area contributed by atoms with Crippen molar-refractivity contribution in [3.05, 3.63) is 42.1 Å². The van der Waals surface area contributed by atoms with E-state index in [4.69, 9.17) is 0 Å². The first kappa shape index (κ1) is 17.4. The van der Waals surface area contributed by atoms with Gasteiger partial charge in [-0.15, -0.1) is 0 Å². The van der Waals surface area contributed by atoms with Gasteiger partial charge in [0.2, 0.25) is 0 Å². The fraction of sp³-hybridized carbons (Fsp3) is 0.474. The largest absolute Gasteiger partial charge is 0.332 e. The van der Waals surface area contributed by atoms with Gasteiger partial charge in [-0.1, -0.05) is 25.1 Å². The van der Waals surface area contributed by atoms with Gasteiger partial charge in [-0.3, -0.25) is 14.7 Å². The molecular weight excluding hydrogens is 350 g/mol. The van der Waals surface area contributed by atoms with Crippen LogP contribution in [0.25, 0.3) is 10.9 Å². The number of nitrogens with zero attached hydrogens (tertiary/aromatic N) is 3. The predicted molar refractivity (Wildman–Crippen MR) is 101 cm³/mol. The highest BCUT2D eigenvalue weighted by molar-refractivity contribution is 7.91. The summed E-state index contributed by atoms with van der Waals surface area (Å²) in [4.78, 5) is 21.7. The number of carbonyl (C=O) groups excluding carboxylic acids is 1. The summed E-state index contributed by atoms with van der Waals surface area (Å²) in [6, 6.07) is 8.98. The summed E-state index contributed by atoms with van der Waals surface area (Å²) in [5.74, 6) is 0.0920. The van der Waals surface area contributed by atoms with E-state index in [0.717, 1.165) is 18.4 Å². The molecule has 0 radical (unpaired) electrons. The van der Waals surface area contributed by atoms with E-state index < -0.39 is 9.84 Å². The molecule has 2 atom stereocenters. The average Bonchev–Trinajstić information content (AvgIpc) is 2.96. The molecule has 26 heavy (non-hydrogen) atoms. The van der Waals surface area contributed by atoms with Gasteiger partial charge >= 0.3 is 0 Å². The zero-order valence-corrected chi connectivity index (χ0v) is 15.7. The number of sulfone groups is 1. The number of piperazine rings is 1. The maximum atomic E-state index is 13.3. The lowest BCUT2D eigenvalue weighted by atomic mass is 10.0. The molecule has 0 spiro atoms. The lowest BCUT2D eigenvalue weighted by Gasteiger charge is -2.44. The zero-order chi connectivity index (χ0) is 18.3. The molecule has 0 saturated carbocycles. The van der Waals surface area contributed by atoms with Gasteiger partial charge in [0, 0.05) is 30.7 Å². The van der Waals surface area contributed by atoms with Crippen molar-refractivity contribution in [3.63, 3.8) is 0 Å². The number of carbonyl (C=O) groups is 1. The molecule has 4 rings (SSSR count). The van der Waals surface area contributed by atoms with Gasteiger partial charge < -0.3 is 4.90 Å². The van der Waals surface area contributed by atoms with E-state index in [1.807, 2.05) is 24.3 Å². The van der Waals surface area contributed by atoms with Gasteiger partial charge in [-0.05, 0) is 25.1 Å². The van der Waals surface area contributed by atoms with Crippen LogP contribution in [0.5, 0.6) is 0 Å². The minimum atomic E-state index is -3.12. The van der Waals surface area contributed by atoms with Gasteiger partial charge in [0.15, 0.2) is 9.84 Å². The Morgan fingerprint density at radius 3 is 2.73 bits per heavy atom. The molecule has 0 N–H and O–H groups in total. The second-order valence-electron chi connectivity index (χ2n) is 7.13. The monoisotopic (exact) mass is 373 g/mol. The van der Waals surface area contributed by atoms with Crippen molar-refractivity contribution < 1.29 is 13.2 Å². The quantitative estimate of drug-likeness (QED) is 0.817. The third kappa shape index (κ3) is 2.99. The molecule has 2 aliphatic rings. The molecule has 0 bridgehead atoms. The van der Waals surface area contributed by atoms with Crippen LogP contribution in [0.3, 0.4) is 0 Å². The maximum absolute atomic E-state index is 13.3. The first-order chi connectivity index (χ1) is 12.5. The van der Waals surface area contributed by atoms with Gasteiger partial charge in [0.05, 0.1) is 28.6 Å². The minimum absolute atomic E-state index is 0.0574. The third-order valence-corrected chi connectivity index (χ3v) is 7.12. The smallest absolute Gasteiger partial charge is 0.256 e. The molecule has 1 aromatic carbocycles. The van der Waals surface area contributed by atoms with Crippen LogP contribution in [0, 0.1) is 0 Å². The lowest BCUT2D eigenvalue weighted by Crippen LogP contribution is -2.60. The zero-order valence-electron chi connectivity index (χ0n) is 14.8. The maximum Gasteiger partial charge on any atom is 0.256 e. The van der Waals surface area contributed by atoms with Gasteiger partial charge in [0.1, 0.15) is 0 Å². The summed E-state index contributed by atoms with van der Waals surface area (Å²) in [6.45, 7) is 4.24. The number of amides is 1. The highest BCUT2D eigenvalue weighted by Gasteiger charge is 2.47. The fourth-order valence-corrected chi connectivity index (χ4v) is 6.29. The molecule has 2 fully saturated rings. The number of pyridine rings is 1. The molecule has 7 heteroatoms. The molecule has 1 amide bonds. The number of aromatic nitrogens is 1. The number of rotatable bonds is 3. The van der Waals surface area contributed by atoms with Crippen molar-refractivity contribution >= 4 is 26.6 Å². The van der Waals surface area contributed by atoms with Crippen LogP contribution in [0.15, 0.2) is 36.5 Å². The van der Waals surface area contributed by atoms with Gasteiger partial charge in [0.25, 0.3) is 5.91 Å². The Labute approximate surface area is 153 Å². The van der Waals surface area contributed by atoms with E-state index in [1.54, 1.807) is 17.2 Å². The van der Waals surface area contributed by atoms with Crippen molar-refractivity contribution in [1.82, 2.24) is 14.8 Å². The van der Waals surface area contributed by atoms with Crippen molar-refractivity contribution in [2.75, 3.05) is 31.1 Å². The predicted octanol–water partition coefficient (Wildman–Crippen LogP) is 1.57. The Balaban J connectivity index is 1.70. The van der Waals surface area contributed by atoms with Crippen LogP contribution in [-0.4, -0.2) is 72.3 Å². The molecule has 2 saturated heterocycles. The summed E-state index contributed by atoms with van der Waals surface area (Å²) in [7, 11) is -3.12. The number of hydrogen-bond acceptors (Lipinski definition) is 5. The van der Waals surface area contributed by atoms with Crippen LogP contribution in [0.2, 0.25) is 0 Å². The number of fused-ring (bicyclic) bond motifs is 2. The first-order valence-corrected chi connectivity index (χ1v) is 10.9.